The Morgan fingerprint density at radius 2 is 1.34 bits per heavy atom. The van der Waals surface area contributed by atoms with Crippen molar-refractivity contribution in [3.8, 4) is 0 Å². The summed E-state index contributed by atoms with van der Waals surface area (Å²) >= 11 is 0. The molecule has 0 saturated heterocycles. The van der Waals surface area contributed by atoms with E-state index in [0.717, 1.165) is 16.0 Å². The normalized spacial score (nSPS) is 14.5. The molecule has 0 aromatic heterocycles. The third kappa shape index (κ3) is 9.27. The van der Waals surface area contributed by atoms with Gasteiger partial charge in [0.25, 0.3) is 0 Å². The Kier molecular flexibility index (Phi) is 14.1. The van der Waals surface area contributed by atoms with Crippen LogP contribution in [0.3, 0.4) is 0 Å². The molecule has 0 bridgehead atoms. The summed E-state index contributed by atoms with van der Waals surface area (Å²) in [6.45, 7) is 6.53. The van der Waals surface area contributed by atoms with E-state index in [4.69, 9.17) is 10.5 Å². The number of methoxy groups -OCH3 is 1. The van der Waals surface area contributed by atoms with Crippen molar-refractivity contribution in [2.45, 2.75) is 94.5 Å². The maximum Gasteiger partial charge on any atom is 0.416 e. The van der Waals surface area contributed by atoms with Gasteiger partial charge in [-0.05, 0) is 75.3 Å². The molecule has 0 aliphatic heterocycles. The summed E-state index contributed by atoms with van der Waals surface area (Å²) in [6.07, 6.45) is -0.110. The van der Waals surface area contributed by atoms with Gasteiger partial charge in [0.1, 0.15) is 0 Å². The molecule has 11 heteroatoms. The van der Waals surface area contributed by atoms with Gasteiger partial charge in [-0.15, -0.1) is 0 Å². The van der Waals surface area contributed by atoms with Gasteiger partial charge in [-0.25, -0.2) is 18.1 Å². The number of imide groups is 1. The van der Waals surface area contributed by atoms with Crippen LogP contribution < -0.4 is 5.73 Å². The lowest BCUT2D eigenvalue weighted by Crippen LogP contribution is -2.53. The molecule has 0 aliphatic carbocycles. The second-order valence-electron chi connectivity index (χ2n) is 12.0. The summed E-state index contributed by atoms with van der Waals surface area (Å²) in [5.41, 5.74) is 8.95. The van der Waals surface area contributed by atoms with Crippen molar-refractivity contribution >= 4 is 22.0 Å². The molecule has 0 aliphatic rings. The zero-order valence-corrected chi connectivity index (χ0v) is 28.7. The van der Waals surface area contributed by atoms with Crippen molar-refractivity contribution in [3.63, 3.8) is 0 Å². The number of hydrogen-bond acceptors (Lipinski definition) is 8. The number of carbonyl (C=O) groups is 2. The number of hydrogen-bond donors (Lipinski definition) is 3. The van der Waals surface area contributed by atoms with Crippen molar-refractivity contribution in [3.05, 3.63) is 102 Å². The van der Waals surface area contributed by atoms with Gasteiger partial charge in [0, 0.05) is 24.0 Å². The molecule has 3 aromatic carbocycles. The van der Waals surface area contributed by atoms with E-state index in [1.807, 2.05) is 67.6 Å². The van der Waals surface area contributed by atoms with Crippen molar-refractivity contribution in [2.75, 3.05) is 13.7 Å². The first-order valence-electron chi connectivity index (χ1n) is 16.1. The summed E-state index contributed by atoms with van der Waals surface area (Å²) in [6, 6.07) is 22.0. The summed E-state index contributed by atoms with van der Waals surface area (Å²) < 4.78 is 33.8. The Hall–Kier alpha value is -3.61. The fourth-order valence-electron chi connectivity index (χ4n) is 6.09. The van der Waals surface area contributed by atoms with Crippen LogP contribution in [0.5, 0.6) is 0 Å². The van der Waals surface area contributed by atoms with Crippen LogP contribution in [0, 0.1) is 0 Å². The van der Waals surface area contributed by atoms with Gasteiger partial charge in [-0.1, -0.05) is 79.7 Å². The Bertz CT molecular complexity index is 1480. The van der Waals surface area contributed by atoms with Crippen LogP contribution in [0.1, 0.15) is 82.1 Å². The number of aliphatic hydroxyl groups is 2. The van der Waals surface area contributed by atoms with E-state index in [9.17, 15) is 28.2 Å². The van der Waals surface area contributed by atoms with E-state index in [-0.39, 0.29) is 11.3 Å². The molecule has 0 unspecified atom stereocenters. The zero-order chi connectivity index (χ0) is 34.7. The van der Waals surface area contributed by atoms with Crippen LogP contribution in [0.25, 0.3) is 0 Å². The van der Waals surface area contributed by atoms with Crippen LogP contribution in [-0.4, -0.2) is 77.7 Å². The molecule has 47 heavy (non-hydrogen) atoms. The van der Waals surface area contributed by atoms with E-state index in [1.54, 1.807) is 32.9 Å². The van der Waals surface area contributed by atoms with Gasteiger partial charge in [0.05, 0.1) is 30.8 Å². The summed E-state index contributed by atoms with van der Waals surface area (Å²) in [7, 11) is -2.78. The highest BCUT2D eigenvalue weighted by molar-refractivity contribution is 7.89. The predicted molar refractivity (Wildman–Crippen MR) is 182 cm³/mol. The standard InChI is InChI=1S/C36H49N3O7S/c1-6-30(18-13-19-31(24-40)39(25(2)3)47(44,45)32-22-20-27(21-23-32)26(4)41)38(36(43)46-5)35(42)34(37)33(28-14-9-7-10-15-28)29-16-11-8-12-17-29/h7-12,14-17,20-23,25-26,30-31,33-34,40-41H,6,13,18-19,24,37H2,1-5H3/t26-,30-,31-,34-/m0/s1. The number of nitrogens with zero attached hydrogens (tertiary/aromatic N) is 2. The maximum absolute atomic E-state index is 14.1. The number of carbonyl (C=O) groups excluding carboxylic acids is 2. The van der Waals surface area contributed by atoms with Gasteiger partial charge in [0.15, 0.2) is 0 Å². The maximum atomic E-state index is 14.1. The minimum Gasteiger partial charge on any atom is -0.452 e. The number of nitrogens with two attached hydrogens (primary N) is 1. The Labute approximate surface area is 279 Å². The first kappa shape index (κ1) is 37.8. The minimum atomic E-state index is -3.99. The number of sulfonamides is 1. The fourth-order valence-corrected chi connectivity index (χ4v) is 7.93. The van der Waals surface area contributed by atoms with Gasteiger partial charge in [-0.2, -0.15) is 4.31 Å². The molecule has 0 saturated carbocycles. The average Bonchev–Trinajstić information content (AvgIpc) is 3.07. The smallest absolute Gasteiger partial charge is 0.416 e. The van der Waals surface area contributed by atoms with Crippen LogP contribution >= 0.6 is 0 Å². The minimum absolute atomic E-state index is 0.0586. The number of amides is 2. The first-order chi connectivity index (χ1) is 22.4. The van der Waals surface area contributed by atoms with Gasteiger partial charge in [-0.3, -0.25) is 4.79 Å². The lowest BCUT2D eigenvalue weighted by Gasteiger charge is -2.35. The zero-order valence-electron chi connectivity index (χ0n) is 27.9. The molecule has 4 atom stereocenters. The van der Waals surface area contributed by atoms with E-state index in [2.05, 4.69) is 0 Å². The summed E-state index contributed by atoms with van der Waals surface area (Å²) in [4.78, 5) is 28.4. The average molecular weight is 668 g/mol. The number of ether oxygens (including phenoxy) is 1. The molecule has 10 nitrogen and oxygen atoms in total. The van der Waals surface area contributed by atoms with E-state index in [1.165, 1.54) is 23.5 Å². The largest absolute Gasteiger partial charge is 0.452 e. The van der Waals surface area contributed by atoms with Gasteiger partial charge >= 0.3 is 6.09 Å². The van der Waals surface area contributed by atoms with E-state index >= 15 is 0 Å². The Balaban J connectivity index is 1.84. The van der Waals surface area contributed by atoms with E-state index < -0.39 is 64.8 Å². The molecule has 0 radical (unpaired) electrons. The number of benzene rings is 3. The van der Waals surface area contributed by atoms with Crippen LogP contribution in [0.2, 0.25) is 0 Å². The first-order valence-corrected chi connectivity index (χ1v) is 17.5. The van der Waals surface area contributed by atoms with Crippen molar-refractivity contribution in [1.29, 1.82) is 0 Å². The third-order valence-corrected chi connectivity index (χ3v) is 10.6. The third-order valence-electron chi connectivity index (χ3n) is 8.50. The molecule has 0 fully saturated rings. The molecule has 256 valence electrons. The highest BCUT2D eigenvalue weighted by Gasteiger charge is 2.38. The molecule has 3 aromatic rings. The van der Waals surface area contributed by atoms with Crippen LogP contribution in [0.4, 0.5) is 4.79 Å². The Morgan fingerprint density at radius 1 is 0.830 bits per heavy atom. The lowest BCUT2D eigenvalue weighted by atomic mass is 9.84. The van der Waals surface area contributed by atoms with Crippen LogP contribution in [-0.2, 0) is 19.6 Å². The second kappa shape index (κ2) is 17.5. The quantitative estimate of drug-likeness (QED) is 0.189. The fraction of sp³-hybridized carbons (Fsp3) is 0.444. The SMILES string of the molecule is CC[C@@H](CCC[C@@H](CO)N(C(C)C)S(=O)(=O)c1ccc([C@H](C)O)cc1)N(C(=O)OC)C(=O)[C@@H](N)C(c1ccccc1)c1ccccc1. The molecule has 4 N–H and O–H groups in total. The highest BCUT2D eigenvalue weighted by Crippen LogP contribution is 2.30. The molecular weight excluding hydrogens is 618 g/mol. The number of rotatable bonds is 16. The monoisotopic (exact) mass is 667 g/mol. The molecule has 0 spiro atoms. The van der Waals surface area contributed by atoms with Crippen LogP contribution in [0.15, 0.2) is 89.8 Å². The van der Waals surface area contributed by atoms with Crippen molar-refractivity contribution < 1.29 is 33.0 Å². The topological polar surface area (TPSA) is 150 Å². The lowest BCUT2D eigenvalue weighted by molar-refractivity contribution is -0.133. The molecule has 3 rings (SSSR count). The predicted octanol–water partition coefficient (Wildman–Crippen LogP) is 5.20. The van der Waals surface area contributed by atoms with Crippen molar-refractivity contribution in [2.24, 2.45) is 5.73 Å². The highest BCUT2D eigenvalue weighted by atomic mass is 32.2. The van der Waals surface area contributed by atoms with Gasteiger partial charge in [0.2, 0.25) is 15.9 Å². The van der Waals surface area contributed by atoms with E-state index in [0.29, 0.717) is 24.8 Å². The molecule has 2 amide bonds. The number of aliphatic hydroxyl groups excluding tert-OH is 2. The molecule has 0 heterocycles. The second-order valence-corrected chi connectivity index (χ2v) is 13.8. The Morgan fingerprint density at radius 3 is 1.77 bits per heavy atom. The van der Waals surface area contributed by atoms with Gasteiger partial charge < -0.3 is 20.7 Å². The van der Waals surface area contributed by atoms with Crippen molar-refractivity contribution in [1.82, 2.24) is 9.21 Å². The summed E-state index contributed by atoms with van der Waals surface area (Å²) in [5, 5.41) is 20.2. The molecular formula is C36H49N3O7S. The summed E-state index contributed by atoms with van der Waals surface area (Å²) in [5.74, 6) is -1.10.